The number of nitrogens with one attached hydrogen (secondary N) is 2. The quantitative estimate of drug-likeness (QED) is 0.360. The number of benzene rings is 2. The van der Waals surface area contributed by atoms with Crippen LogP contribution in [0.4, 0.5) is 4.79 Å². The first-order chi connectivity index (χ1) is 13.3. The monoisotopic (exact) mass is 437 g/mol. The molecule has 0 unspecified atom stereocenters. The van der Waals surface area contributed by atoms with Crippen LogP contribution in [0.3, 0.4) is 0 Å². The lowest BCUT2D eigenvalue weighted by Gasteiger charge is -2.12. The van der Waals surface area contributed by atoms with Gasteiger partial charge >= 0.3 is 6.03 Å². The van der Waals surface area contributed by atoms with Crippen LogP contribution in [0.15, 0.2) is 58.8 Å². The molecule has 3 aromatic rings. The third-order valence-corrected chi connectivity index (χ3v) is 6.20. The minimum absolute atomic E-state index is 0.00984. The molecule has 0 atom stereocenters. The number of sulfonamides is 1. The Bertz CT molecular complexity index is 1110. The summed E-state index contributed by atoms with van der Waals surface area (Å²) < 4.78 is 24.1. The van der Waals surface area contributed by atoms with Crippen LogP contribution >= 0.6 is 22.9 Å². The van der Waals surface area contributed by atoms with Crippen molar-refractivity contribution >= 4 is 39.0 Å². The van der Waals surface area contributed by atoms with Gasteiger partial charge in [0.2, 0.25) is 10.0 Å². The molecule has 28 heavy (non-hydrogen) atoms. The number of hydrogen-bond donors (Lipinski definition) is 4. The maximum absolute atomic E-state index is 12.1. The molecule has 0 saturated heterocycles. The van der Waals surface area contributed by atoms with Gasteiger partial charge in [-0.05, 0) is 29.1 Å². The van der Waals surface area contributed by atoms with Crippen molar-refractivity contribution in [3.8, 4) is 22.3 Å². The molecule has 3 rings (SSSR count). The molecule has 0 spiro atoms. The number of urea groups is 1. The number of carbonyl (C=O) groups excluding carboxylic acids is 1. The van der Waals surface area contributed by atoms with E-state index in [0.29, 0.717) is 16.1 Å². The summed E-state index contributed by atoms with van der Waals surface area (Å²) in [5.74, 6) is 0. The number of rotatable bonds is 5. The second kappa shape index (κ2) is 8.29. The average Bonchev–Trinajstić information content (AvgIpc) is 3.09. The van der Waals surface area contributed by atoms with E-state index >= 15 is 0 Å². The summed E-state index contributed by atoms with van der Waals surface area (Å²) >= 11 is 7.34. The Morgan fingerprint density at radius 3 is 2.43 bits per heavy atom. The number of nitrogens with two attached hydrogens (primary N) is 1. The molecule has 2 amide bonds. The highest BCUT2D eigenvalue weighted by Gasteiger charge is 2.21. The van der Waals surface area contributed by atoms with Gasteiger partial charge in [0.1, 0.15) is 0 Å². The summed E-state index contributed by atoms with van der Waals surface area (Å²) in [6.45, 7) is 0.132. The number of hydrogen-bond acceptors (Lipinski definition) is 5. The first kappa shape index (κ1) is 20.3. The van der Waals surface area contributed by atoms with E-state index in [1.165, 1.54) is 22.9 Å². The van der Waals surface area contributed by atoms with Gasteiger partial charge in [-0.15, -0.1) is 11.3 Å². The van der Waals surface area contributed by atoms with Gasteiger partial charge in [-0.2, -0.15) is 0 Å². The molecule has 0 bridgehead atoms. The van der Waals surface area contributed by atoms with E-state index in [0.717, 1.165) is 16.0 Å². The normalized spacial score (nSPS) is 11.2. The Hall–Kier alpha value is -2.43. The third kappa shape index (κ3) is 4.34. The molecule has 0 aliphatic rings. The predicted octanol–water partition coefficient (Wildman–Crippen LogP) is 3.57. The Balaban J connectivity index is 2.19. The molecule has 7 nitrogen and oxygen atoms in total. The van der Waals surface area contributed by atoms with Crippen molar-refractivity contribution in [1.29, 1.82) is 0 Å². The molecular formula is C18H16ClN3O4S2. The van der Waals surface area contributed by atoms with Gasteiger partial charge in [0.15, 0.2) is 0 Å². The highest BCUT2D eigenvalue weighted by molar-refractivity contribution is 7.89. The Morgan fingerprint density at radius 2 is 1.79 bits per heavy atom. The summed E-state index contributed by atoms with van der Waals surface area (Å²) in [4.78, 5) is 12.1. The molecular weight excluding hydrogens is 422 g/mol. The lowest BCUT2D eigenvalue weighted by atomic mass is 9.96. The first-order valence-corrected chi connectivity index (χ1v) is 10.8. The second-order valence-electron chi connectivity index (χ2n) is 5.79. The van der Waals surface area contributed by atoms with Crippen LogP contribution < -0.4 is 15.9 Å². The Kier molecular flexibility index (Phi) is 6.01. The van der Waals surface area contributed by atoms with Gasteiger partial charge in [-0.25, -0.2) is 23.8 Å². The van der Waals surface area contributed by atoms with E-state index in [-0.39, 0.29) is 11.4 Å². The summed E-state index contributed by atoms with van der Waals surface area (Å²) in [6.07, 6.45) is 0. The zero-order valence-electron chi connectivity index (χ0n) is 14.3. The van der Waals surface area contributed by atoms with Crippen molar-refractivity contribution in [3.05, 3.63) is 63.8 Å². The number of amides is 2. The summed E-state index contributed by atoms with van der Waals surface area (Å²) in [7, 11) is -3.94. The van der Waals surface area contributed by atoms with E-state index in [1.807, 2.05) is 17.5 Å². The lowest BCUT2D eigenvalue weighted by molar-refractivity contribution is 0.161. The van der Waals surface area contributed by atoms with Crippen LogP contribution in [0.5, 0.6) is 0 Å². The van der Waals surface area contributed by atoms with Crippen molar-refractivity contribution in [1.82, 2.24) is 10.8 Å². The second-order valence-corrected chi connectivity index (χ2v) is 8.72. The molecule has 0 aliphatic carbocycles. The van der Waals surface area contributed by atoms with Crippen LogP contribution in [0.1, 0.15) is 4.88 Å². The van der Waals surface area contributed by atoms with Crippen molar-refractivity contribution in [3.63, 3.8) is 0 Å². The van der Waals surface area contributed by atoms with E-state index in [1.54, 1.807) is 30.3 Å². The SMILES string of the molecule is NS(=O)(=O)c1ccccc1-c1csc(CNC(=O)NO)c1-c1ccc(Cl)cc1. The van der Waals surface area contributed by atoms with Crippen molar-refractivity contribution in [2.24, 2.45) is 5.14 Å². The molecule has 0 aliphatic heterocycles. The maximum Gasteiger partial charge on any atom is 0.338 e. The van der Waals surface area contributed by atoms with Gasteiger partial charge in [0.05, 0.1) is 11.4 Å². The fourth-order valence-electron chi connectivity index (χ4n) is 2.80. The smallest absolute Gasteiger partial charge is 0.331 e. The van der Waals surface area contributed by atoms with Crippen LogP contribution in [-0.4, -0.2) is 19.7 Å². The number of hydroxylamine groups is 1. The molecule has 146 valence electrons. The van der Waals surface area contributed by atoms with Crippen LogP contribution in [-0.2, 0) is 16.6 Å². The van der Waals surface area contributed by atoms with Gasteiger partial charge in [-0.3, -0.25) is 5.21 Å². The molecule has 0 fully saturated rings. The van der Waals surface area contributed by atoms with Crippen LogP contribution in [0.2, 0.25) is 5.02 Å². The molecule has 0 saturated carbocycles. The Morgan fingerprint density at radius 1 is 1.11 bits per heavy atom. The molecule has 5 N–H and O–H groups in total. The molecule has 1 heterocycles. The summed E-state index contributed by atoms with van der Waals surface area (Å²) in [5.41, 5.74) is 4.18. The van der Waals surface area contributed by atoms with Crippen molar-refractivity contribution in [2.75, 3.05) is 0 Å². The van der Waals surface area contributed by atoms with E-state index in [4.69, 9.17) is 21.9 Å². The zero-order chi connectivity index (χ0) is 20.3. The van der Waals surface area contributed by atoms with E-state index < -0.39 is 16.1 Å². The number of thiophene rings is 1. The highest BCUT2D eigenvalue weighted by atomic mass is 35.5. The van der Waals surface area contributed by atoms with Crippen molar-refractivity contribution in [2.45, 2.75) is 11.4 Å². The molecule has 1 aromatic heterocycles. The summed E-state index contributed by atoms with van der Waals surface area (Å²) in [6, 6.07) is 12.8. The number of carbonyl (C=O) groups is 1. The Labute approximate surface area is 170 Å². The fraction of sp³-hybridized carbons (Fsp3) is 0.0556. The largest absolute Gasteiger partial charge is 0.338 e. The predicted molar refractivity (Wildman–Crippen MR) is 109 cm³/mol. The molecule has 0 radical (unpaired) electrons. The first-order valence-electron chi connectivity index (χ1n) is 7.97. The number of halogens is 1. The van der Waals surface area contributed by atoms with E-state index in [2.05, 4.69) is 5.32 Å². The van der Waals surface area contributed by atoms with Gasteiger partial charge in [0, 0.05) is 26.6 Å². The topological polar surface area (TPSA) is 122 Å². The molecule has 10 heteroatoms. The minimum atomic E-state index is -3.94. The van der Waals surface area contributed by atoms with Crippen molar-refractivity contribution < 1.29 is 18.4 Å². The van der Waals surface area contributed by atoms with Gasteiger partial charge < -0.3 is 5.32 Å². The van der Waals surface area contributed by atoms with Gasteiger partial charge in [-0.1, -0.05) is 41.9 Å². The average molecular weight is 438 g/mol. The maximum atomic E-state index is 12.1. The highest BCUT2D eigenvalue weighted by Crippen LogP contribution is 2.41. The summed E-state index contributed by atoms with van der Waals surface area (Å²) in [5, 5.41) is 19.0. The zero-order valence-corrected chi connectivity index (χ0v) is 16.7. The molecule has 2 aromatic carbocycles. The number of primary sulfonamides is 1. The van der Waals surface area contributed by atoms with E-state index in [9.17, 15) is 13.2 Å². The third-order valence-electron chi connectivity index (χ3n) is 3.99. The standard InChI is InChI=1S/C18H16ClN3O4S2/c19-12-7-5-11(6-8-12)17-14(10-27-15(17)9-21-18(23)22-24)13-3-1-2-4-16(13)28(20,25)26/h1-8,10,24H,9H2,(H2,20,25,26)(H2,21,22,23). The fourth-order valence-corrected chi connectivity index (χ4v) is 4.68. The van der Waals surface area contributed by atoms with Gasteiger partial charge in [0.25, 0.3) is 0 Å². The minimum Gasteiger partial charge on any atom is -0.331 e. The lowest BCUT2D eigenvalue weighted by Crippen LogP contribution is -2.32. The van der Waals surface area contributed by atoms with Crippen LogP contribution in [0.25, 0.3) is 22.3 Å². The van der Waals surface area contributed by atoms with Crippen LogP contribution in [0, 0.1) is 0 Å².